The quantitative estimate of drug-likeness (QED) is 0.845. The van der Waals surface area contributed by atoms with E-state index in [0.717, 1.165) is 12.8 Å². The van der Waals surface area contributed by atoms with Gasteiger partial charge in [0.05, 0.1) is 12.8 Å². The third kappa shape index (κ3) is 5.06. The molecule has 0 saturated heterocycles. The van der Waals surface area contributed by atoms with Crippen LogP contribution in [-0.4, -0.2) is 19.8 Å². The van der Waals surface area contributed by atoms with Gasteiger partial charge >= 0.3 is 6.61 Å². The molecule has 0 aliphatic heterocycles. The summed E-state index contributed by atoms with van der Waals surface area (Å²) in [7, 11) is 1.56. The van der Waals surface area contributed by atoms with Gasteiger partial charge in [-0.2, -0.15) is 8.78 Å². The van der Waals surface area contributed by atoms with Crippen LogP contribution in [-0.2, 0) is 0 Å². The second-order valence-electron chi connectivity index (χ2n) is 5.43. The number of halogens is 2. The Balaban J connectivity index is 2.10. The maximum Gasteiger partial charge on any atom is 0.387 e. The van der Waals surface area contributed by atoms with Gasteiger partial charge in [0, 0.05) is 12.1 Å². The van der Waals surface area contributed by atoms with Crippen LogP contribution in [0.15, 0.2) is 18.2 Å². The van der Waals surface area contributed by atoms with Crippen molar-refractivity contribution >= 4 is 5.69 Å². The summed E-state index contributed by atoms with van der Waals surface area (Å²) in [6.07, 6.45) is 8.26. The van der Waals surface area contributed by atoms with Crippen LogP contribution in [0.1, 0.15) is 44.9 Å². The highest BCUT2D eigenvalue weighted by molar-refractivity contribution is 5.60. The van der Waals surface area contributed by atoms with Crippen LogP contribution < -0.4 is 14.8 Å². The molecule has 3 nitrogen and oxygen atoms in total. The molecule has 0 amide bonds. The number of hydrogen-bond donors (Lipinski definition) is 1. The predicted molar refractivity (Wildman–Crippen MR) is 79.4 cm³/mol. The average molecular weight is 299 g/mol. The Bertz CT molecular complexity index is 432. The van der Waals surface area contributed by atoms with Crippen molar-refractivity contribution in [1.29, 1.82) is 0 Å². The zero-order chi connectivity index (χ0) is 15.1. The van der Waals surface area contributed by atoms with E-state index in [1.54, 1.807) is 19.2 Å². The standard InChI is InChI=1S/C16H23F2NO2/c1-20-13-9-10-15(21-16(17)18)14(11-13)19-12-7-5-3-2-4-6-8-12/h9-12,16,19H,2-8H2,1H3. The van der Waals surface area contributed by atoms with Gasteiger partial charge in [0.2, 0.25) is 0 Å². The largest absolute Gasteiger partial charge is 0.497 e. The molecular weight excluding hydrogens is 276 g/mol. The van der Waals surface area contributed by atoms with Crippen LogP contribution in [0.2, 0.25) is 0 Å². The Labute approximate surface area is 124 Å². The first-order valence-electron chi connectivity index (χ1n) is 7.58. The minimum atomic E-state index is -2.82. The summed E-state index contributed by atoms with van der Waals surface area (Å²) >= 11 is 0. The summed E-state index contributed by atoms with van der Waals surface area (Å²) in [6, 6.07) is 5.17. The Morgan fingerprint density at radius 2 is 1.76 bits per heavy atom. The van der Waals surface area contributed by atoms with Crippen molar-refractivity contribution in [2.75, 3.05) is 12.4 Å². The first kappa shape index (κ1) is 15.9. The molecule has 1 aliphatic rings. The molecule has 0 aromatic heterocycles. The summed E-state index contributed by atoms with van der Waals surface area (Å²) in [6.45, 7) is -2.82. The Morgan fingerprint density at radius 3 is 2.38 bits per heavy atom. The highest BCUT2D eigenvalue weighted by atomic mass is 19.3. The molecule has 1 aliphatic carbocycles. The topological polar surface area (TPSA) is 30.5 Å². The van der Waals surface area contributed by atoms with Gasteiger partial charge in [-0.05, 0) is 25.0 Å². The van der Waals surface area contributed by atoms with E-state index in [1.165, 1.54) is 38.2 Å². The highest BCUT2D eigenvalue weighted by Crippen LogP contribution is 2.32. The molecule has 0 radical (unpaired) electrons. The van der Waals surface area contributed by atoms with Gasteiger partial charge in [-0.1, -0.05) is 32.1 Å². The van der Waals surface area contributed by atoms with E-state index >= 15 is 0 Å². The fraction of sp³-hybridized carbons (Fsp3) is 0.625. The van der Waals surface area contributed by atoms with Gasteiger partial charge in [0.25, 0.3) is 0 Å². The molecule has 0 bridgehead atoms. The summed E-state index contributed by atoms with van der Waals surface area (Å²) < 4.78 is 34.8. The summed E-state index contributed by atoms with van der Waals surface area (Å²) in [5.41, 5.74) is 0.584. The SMILES string of the molecule is COc1ccc(OC(F)F)c(NC2CCCCCCC2)c1. The van der Waals surface area contributed by atoms with Gasteiger partial charge in [-0.3, -0.25) is 0 Å². The maximum absolute atomic E-state index is 12.5. The van der Waals surface area contributed by atoms with Crippen molar-refractivity contribution in [3.05, 3.63) is 18.2 Å². The van der Waals surface area contributed by atoms with Crippen LogP contribution in [0, 0.1) is 0 Å². The fourth-order valence-corrected chi connectivity index (χ4v) is 2.77. The molecule has 1 N–H and O–H groups in total. The predicted octanol–water partition coefficient (Wildman–Crippen LogP) is 4.82. The second kappa shape index (κ2) is 8.05. The molecule has 1 fully saturated rings. The first-order valence-corrected chi connectivity index (χ1v) is 7.58. The van der Waals surface area contributed by atoms with E-state index in [0.29, 0.717) is 17.5 Å². The number of methoxy groups -OCH3 is 1. The Kier molecular flexibility index (Phi) is 6.08. The maximum atomic E-state index is 12.5. The Morgan fingerprint density at radius 1 is 1.10 bits per heavy atom. The lowest BCUT2D eigenvalue weighted by Crippen LogP contribution is -2.21. The van der Waals surface area contributed by atoms with Gasteiger partial charge in [-0.25, -0.2) is 0 Å². The molecule has 21 heavy (non-hydrogen) atoms. The Hall–Kier alpha value is -1.52. The first-order chi connectivity index (χ1) is 10.2. The lowest BCUT2D eigenvalue weighted by atomic mass is 9.96. The molecule has 5 heteroatoms. The lowest BCUT2D eigenvalue weighted by molar-refractivity contribution is -0.0494. The van der Waals surface area contributed by atoms with E-state index < -0.39 is 6.61 Å². The third-order valence-corrected chi connectivity index (χ3v) is 3.87. The second-order valence-corrected chi connectivity index (χ2v) is 5.43. The fourth-order valence-electron chi connectivity index (χ4n) is 2.77. The van der Waals surface area contributed by atoms with Gasteiger partial charge in [0.15, 0.2) is 0 Å². The average Bonchev–Trinajstić information content (AvgIpc) is 2.42. The molecule has 0 heterocycles. The number of benzene rings is 1. The third-order valence-electron chi connectivity index (χ3n) is 3.87. The van der Waals surface area contributed by atoms with E-state index in [9.17, 15) is 8.78 Å². The van der Waals surface area contributed by atoms with Crippen molar-refractivity contribution in [2.45, 2.75) is 57.6 Å². The summed E-state index contributed by atoms with van der Waals surface area (Å²) in [4.78, 5) is 0. The van der Waals surface area contributed by atoms with Crippen molar-refractivity contribution in [3.63, 3.8) is 0 Å². The van der Waals surface area contributed by atoms with E-state index in [-0.39, 0.29) is 5.75 Å². The smallest absolute Gasteiger partial charge is 0.387 e. The number of hydrogen-bond acceptors (Lipinski definition) is 3. The number of alkyl halides is 2. The number of rotatable bonds is 5. The zero-order valence-corrected chi connectivity index (χ0v) is 12.4. The van der Waals surface area contributed by atoms with E-state index in [4.69, 9.17) is 4.74 Å². The normalized spacial score (nSPS) is 17.1. The highest BCUT2D eigenvalue weighted by Gasteiger charge is 2.16. The van der Waals surface area contributed by atoms with Crippen molar-refractivity contribution in [1.82, 2.24) is 0 Å². The van der Waals surface area contributed by atoms with Crippen molar-refractivity contribution in [2.24, 2.45) is 0 Å². The van der Waals surface area contributed by atoms with Crippen LogP contribution in [0.4, 0.5) is 14.5 Å². The molecule has 0 unspecified atom stereocenters. The molecule has 1 aromatic rings. The van der Waals surface area contributed by atoms with Gasteiger partial charge in [0.1, 0.15) is 11.5 Å². The minimum absolute atomic E-state index is 0.174. The van der Waals surface area contributed by atoms with Gasteiger partial charge < -0.3 is 14.8 Å². The number of anilines is 1. The molecule has 0 spiro atoms. The van der Waals surface area contributed by atoms with E-state index in [1.807, 2.05) is 0 Å². The lowest BCUT2D eigenvalue weighted by Gasteiger charge is -2.23. The monoisotopic (exact) mass is 299 g/mol. The van der Waals surface area contributed by atoms with Gasteiger partial charge in [-0.15, -0.1) is 0 Å². The summed E-state index contributed by atoms with van der Waals surface area (Å²) in [5, 5.41) is 3.36. The van der Waals surface area contributed by atoms with Crippen LogP contribution >= 0.6 is 0 Å². The van der Waals surface area contributed by atoms with Crippen LogP contribution in [0.25, 0.3) is 0 Å². The zero-order valence-electron chi connectivity index (χ0n) is 12.4. The van der Waals surface area contributed by atoms with Crippen molar-refractivity contribution in [3.8, 4) is 11.5 Å². The minimum Gasteiger partial charge on any atom is -0.497 e. The van der Waals surface area contributed by atoms with E-state index in [2.05, 4.69) is 10.1 Å². The number of nitrogens with one attached hydrogen (secondary N) is 1. The molecule has 1 saturated carbocycles. The summed E-state index contributed by atoms with van der Waals surface area (Å²) in [5.74, 6) is 0.804. The number of ether oxygens (including phenoxy) is 2. The van der Waals surface area contributed by atoms with Crippen LogP contribution in [0.5, 0.6) is 11.5 Å². The molecule has 118 valence electrons. The van der Waals surface area contributed by atoms with Crippen LogP contribution in [0.3, 0.4) is 0 Å². The molecule has 1 aromatic carbocycles. The molecular formula is C16H23F2NO2. The molecule has 2 rings (SSSR count). The molecule has 0 atom stereocenters. The van der Waals surface area contributed by atoms with Crippen molar-refractivity contribution < 1.29 is 18.3 Å².